The number of hydrogen-bond donors (Lipinski definition) is 2. The van der Waals surface area contributed by atoms with Gasteiger partial charge in [0.25, 0.3) is 5.91 Å². The van der Waals surface area contributed by atoms with Crippen LogP contribution in [0.5, 0.6) is 0 Å². The molecule has 0 aliphatic rings. The van der Waals surface area contributed by atoms with E-state index in [1.54, 1.807) is 6.92 Å². The van der Waals surface area contributed by atoms with E-state index < -0.39 is 17.9 Å². The van der Waals surface area contributed by atoms with Gasteiger partial charge in [-0.1, -0.05) is 18.9 Å². The number of nitrogens with one attached hydrogen (secondary N) is 1. The van der Waals surface area contributed by atoms with Crippen LogP contribution < -0.4 is 5.32 Å². The average molecular weight is 291 g/mol. The highest BCUT2D eigenvalue weighted by molar-refractivity contribution is 5.94. The Morgan fingerprint density at radius 3 is 2.67 bits per heavy atom. The van der Waals surface area contributed by atoms with Crippen molar-refractivity contribution in [1.82, 2.24) is 15.3 Å². The van der Waals surface area contributed by atoms with Gasteiger partial charge < -0.3 is 10.4 Å². The number of rotatable bonds is 9. The third kappa shape index (κ3) is 6.16. The van der Waals surface area contributed by atoms with E-state index in [-0.39, 0.29) is 5.69 Å². The summed E-state index contributed by atoms with van der Waals surface area (Å²) in [5.41, 5.74) is 0.821. The van der Waals surface area contributed by atoms with Gasteiger partial charge in [0.15, 0.2) is 0 Å². The second-order valence-electron chi connectivity index (χ2n) is 4.83. The Hall–Kier alpha value is -2.24. The van der Waals surface area contributed by atoms with Gasteiger partial charge in [-0.15, -0.1) is 6.58 Å². The van der Waals surface area contributed by atoms with Crippen LogP contribution in [-0.2, 0) is 4.79 Å². The number of aryl methyl sites for hydroxylation is 1. The Morgan fingerprint density at radius 1 is 1.33 bits per heavy atom. The smallest absolute Gasteiger partial charge is 0.326 e. The van der Waals surface area contributed by atoms with E-state index >= 15 is 0 Å². The number of aliphatic carboxylic acids is 1. The van der Waals surface area contributed by atoms with Crippen molar-refractivity contribution in [2.24, 2.45) is 0 Å². The second-order valence-corrected chi connectivity index (χ2v) is 4.83. The first kappa shape index (κ1) is 16.8. The van der Waals surface area contributed by atoms with Crippen LogP contribution in [0.25, 0.3) is 0 Å². The van der Waals surface area contributed by atoms with Gasteiger partial charge in [-0.25, -0.2) is 9.78 Å². The number of carbonyl (C=O) groups is 2. The van der Waals surface area contributed by atoms with Gasteiger partial charge in [-0.2, -0.15) is 0 Å². The molecule has 1 heterocycles. The SMILES string of the molecule is C=CCCCCCC(NC(=O)c1cnc(C)cn1)C(=O)O. The summed E-state index contributed by atoms with van der Waals surface area (Å²) in [6.45, 7) is 5.40. The van der Waals surface area contributed by atoms with Crippen molar-refractivity contribution in [1.29, 1.82) is 0 Å². The molecule has 0 spiro atoms. The van der Waals surface area contributed by atoms with Crippen molar-refractivity contribution in [3.8, 4) is 0 Å². The zero-order valence-electron chi connectivity index (χ0n) is 12.2. The van der Waals surface area contributed by atoms with Crippen LogP contribution in [0.3, 0.4) is 0 Å². The predicted molar refractivity (Wildman–Crippen MR) is 78.9 cm³/mol. The first-order chi connectivity index (χ1) is 10.0. The third-order valence-corrected chi connectivity index (χ3v) is 3.02. The first-order valence-electron chi connectivity index (χ1n) is 6.97. The Morgan fingerprint density at radius 2 is 2.10 bits per heavy atom. The molecular formula is C15H21N3O3. The van der Waals surface area contributed by atoms with Gasteiger partial charge in [-0.05, 0) is 26.2 Å². The highest BCUT2D eigenvalue weighted by Crippen LogP contribution is 2.07. The minimum atomic E-state index is -1.04. The van der Waals surface area contributed by atoms with Crippen LogP contribution in [0.2, 0.25) is 0 Å². The minimum Gasteiger partial charge on any atom is -0.480 e. The van der Waals surface area contributed by atoms with Crippen molar-refractivity contribution in [3.05, 3.63) is 36.4 Å². The molecule has 0 saturated carbocycles. The van der Waals surface area contributed by atoms with Gasteiger partial charge in [-0.3, -0.25) is 9.78 Å². The minimum absolute atomic E-state index is 0.124. The van der Waals surface area contributed by atoms with E-state index in [0.29, 0.717) is 12.1 Å². The topological polar surface area (TPSA) is 92.2 Å². The van der Waals surface area contributed by atoms with Gasteiger partial charge >= 0.3 is 5.97 Å². The van der Waals surface area contributed by atoms with Crippen molar-refractivity contribution < 1.29 is 14.7 Å². The van der Waals surface area contributed by atoms with Crippen LogP contribution in [0, 0.1) is 6.92 Å². The fourth-order valence-corrected chi connectivity index (χ4v) is 1.81. The van der Waals surface area contributed by atoms with Crippen molar-refractivity contribution in [2.75, 3.05) is 0 Å². The fraction of sp³-hybridized carbons (Fsp3) is 0.467. The number of carboxylic acid groups (broad SMARTS) is 1. The van der Waals surface area contributed by atoms with E-state index in [2.05, 4.69) is 21.9 Å². The largest absolute Gasteiger partial charge is 0.480 e. The molecule has 0 bridgehead atoms. The number of allylic oxidation sites excluding steroid dienone is 1. The third-order valence-electron chi connectivity index (χ3n) is 3.02. The van der Waals surface area contributed by atoms with Gasteiger partial charge in [0.2, 0.25) is 0 Å². The van der Waals surface area contributed by atoms with Crippen molar-refractivity contribution in [2.45, 2.75) is 45.1 Å². The van der Waals surface area contributed by atoms with Crippen molar-refractivity contribution >= 4 is 11.9 Å². The first-order valence-corrected chi connectivity index (χ1v) is 6.97. The highest BCUT2D eigenvalue weighted by Gasteiger charge is 2.20. The molecule has 0 radical (unpaired) electrons. The molecule has 0 aliphatic carbocycles. The van der Waals surface area contributed by atoms with Crippen LogP contribution in [0.15, 0.2) is 25.0 Å². The molecule has 0 aliphatic heterocycles. The molecule has 1 atom stereocenters. The van der Waals surface area contributed by atoms with Crippen LogP contribution in [-0.4, -0.2) is 33.0 Å². The number of carbonyl (C=O) groups excluding carboxylic acids is 1. The summed E-state index contributed by atoms with van der Waals surface area (Å²) in [6.07, 6.45) is 8.61. The number of amides is 1. The maximum absolute atomic E-state index is 11.9. The molecule has 0 aromatic carbocycles. The Kier molecular flexibility index (Phi) is 7.08. The molecule has 114 valence electrons. The zero-order chi connectivity index (χ0) is 15.7. The lowest BCUT2D eigenvalue weighted by Crippen LogP contribution is -2.41. The lowest BCUT2D eigenvalue weighted by atomic mass is 10.1. The van der Waals surface area contributed by atoms with Crippen LogP contribution >= 0.6 is 0 Å². The highest BCUT2D eigenvalue weighted by atomic mass is 16.4. The number of carboxylic acids is 1. The lowest BCUT2D eigenvalue weighted by Gasteiger charge is -2.14. The molecule has 2 N–H and O–H groups in total. The number of hydrogen-bond acceptors (Lipinski definition) is 4. The Balaban J connectivity index is 2.49. The molecule has 1 rings (SSSR count). The molecule has 21 heavy (non-hydrogen) atoms. The van der Waals surface area contributed by atoms with Gasteiger partial charge in [0.1, 0.15) is 11.7 Å². The number of aromatic nitrogens is 2. The molecule has 1 unspecified atom stereocenters. The molecule has 6 nitrogen and oxygen atoms in total. The monoisotopic (exact) mass is 291 g/mol. The lowest BCUT2D eigenvalue weighted by molar-refractivity contribution is -0.139. The molecule has 0 fully saturated rings. The van der Waals surface area contributed by atoms with E-state index in [9.17, 15) is 9.59 Å². The fourth-order valence-electron chi connectivity index (χ4n) is 1.81. The Bertz CT molecular complexity index is 485. The van der Waals surface area contributed by atoms with E-state index in [4.69, 9.17) is 5.11 Å². The maximum atomic E-state index is 11.9. The molecule has 1 aromatic heterocycles. The molecule has 1 amide bonds. The maximum Gasteiger partial charge on any atom is 0.326 e. The summed E-state index contributed by atoms with van der Waals surface area (Å²) in [7, 11) is 0. The summed E-state index contributed by atoms with van der Waals surface area (Å²) >= 11 is 0. The summed E-state index contributed by atoms with van der Waals surface area (Å²) in [5.74, 6) is -1.55. The Labute approximate surface area is 124 Å². The molecular weight excluding hydrogens is 270 g/mol. The van der Waals surface area contributed by atoms with E-state index in [0.717, 1.165) is 25.7 Å². The molecule has 0 saturated heterocycles. The van der Waals surface area contributed by atoms with Crippen LogP contribution in [0.4, 0.5) is 0 Å². The summed E-state index contributed by atoms with van der Waals surface area (Å²) in [5, 5.41) is 11.6. The molecule has 6 heteroatoms. The molecule has 1 aromatic rings. The van der Waals surface area contributed by atoms with Crippen molar-refractivity contribution in [3.63, 3.8) is 0 Å². The number of nitrogens with zero attached hydrogens (tertiary/aromatic N) is 2. The van der Waals surface area contributed by atoms with Gasteiger partial charge in [0.05, 0.1) is 11.9 Å². The predicted octanol–water partition coefficient (Wildman–Crippen LogP) is 2.10. The summed E-state index contributed by atoms with van der Waals surface area (Å²) in [4.78, 5) is 31.0. The average Bonchev–Trinajstić information content (AvgIpc) is 2.46. The number of unbranched alkanes of at least 4 members (excludes halogenated alkanes) is 3. The van der Waals surface area contributed by atoms with E-state index in [1.165, 1.54) is 12.4 Å². The summed E-state index contributed by atoms with van der Waals surface area (Å²) < 4.78 is 0. The van der Waals surface area contributed by atoms with E-state index in [1.807, 2.05) is 6.08 Å². The standard InChI is InChI=1S/C15H21N3O3/c1-3-4-5-6-7-8-12(15(20)21)18-14(19)13-10-16-11(2)9-17-13/h3,9-10,12H,1,4-8H2,2H3,(H,18,19)(H,20,21). The normalized spacial score (nSPS) is 11.7. The quantitative estimate of drug-likeness (QED) is 0.537. The second kappa shape index (κ2) is 8.84. The van der Waals surface area contributed by atoms with Crippen LogP contribution in [0.1, 0.15) is 48.3 Å². The zero-order valence-corrected chi connectivity index (χ0v) is 12.2. The van der Waals surface area contributed by atoms with Gasteiger partial charge in [0, 0.05) is 6.20 Å². The summed E-state index contributed by atoms with van der Waals surface area (Å²) in [6, 6.07) is -0.899.